The Morgan fingerprint density at radius 1 is 1.23 bits per heavy atom. The average molecular weight is 493 g/mol. The number of carbonyl (C=O) groups excluding carboxylic acids is 2. The second kappa shape index (κ2) is 9.85. The van der Waals surface area contributed by atoms with Gasteiger partial charge < -0.3 is 10.1 Å². The van der Waals surface area contributed by atoms with Crippen LogP contribution in [0.5, 0.6) is 0 Å². The summed E-state index contributed by atoms with van der Waals surface area (Å²) in [6.07, 6.45) is -4.80. The number of nitriles is 1. The lowest BCUT2D eigenvalue weighted by Gasteiger charge is -2.28. The summed E-state index contributed by atoms with van der Waals surface area (Å²) in [6, 6.07) is 3.96. The van der Waals surface area contributed by atoms with E-state index >= 15 is 0 Å². The predicted octanol–water partition coefficient (Wildman–Crippen LogP) is 4.00. The topological polar surface area (TPSA) is 108 Å². The molecule has 2 unspecified atom stereocenters. The highest BCUT2D eigenvalue weighted by molar-refractivity contribution is 5.87. The number of likely N-dealkylation sites (tertiary alicyclic amines) is 1. The van der Waals surface area contributed by atoms with Crippen molar-refractivity contribution in [2.45, 2.75) is 57.7 Å². The molecule has 1 N–H and O–H groups in total. The van der Waals surface area contributed by atoms with Crippen LogP contribution in [0.25, 0.3) is 11.3 Å². The predicted molar refractivity (Wildman–Crippen MR) is 115 cm³/mol. The third-order valence-corrected chi connectivity index (χ3v) is 5.13. The number of hydrogen-bond donors (Lipinski definition) is 1. The maximum Gasteiger partial charge on any atom is 0.433 e. The highest BCUT2D eigenvalue weighted by Crippen LogP contribution is 2.29. The molecule has 8 nitrogen and oxygen atoms in total. The summed E-state index contributed by atoms with van der Waals surface area (Å²) in [5, 5.41) is 11.9. The van der Waals surface area contributed by atoms with Crippen LogP contribution in [0.1, 0.15) is 44.0 Å². The van der Waals surface area contributed by atoms with Crippen molar-refractivity contribution in [3.05, 3.63) is 47.4 Å². The zero-order chi connectivity index (χ0) is 26.0. The number of ether oxygens (including phenoxy) is 1. The number of alkyl halides is 4. The lowest BCUT2D eigenvalue weighted by molar-refractivity contribution is -0.141. The SMILES string of the molecule is CC(C)(C)OC(=O)N1CCC(F)C1C(=O)NCc1cc(-c2ccc(C(F)(F)F)nc2)ncc1C#N. The fraction of sp³-hybridized carbons (Fsp3) is 0.435. The van der Waals surface area contributed by atoms with Crippen molar-refractivity contribution >= 4 is 12.0 Å². The summed E-state index contributed by atoms with van der Waals surface area (Å²) >= 11 is 0. The minimum atomic E-state index is -4.59. The van der Waals surface area contributed by atoms with Gasteiger partial charge in [-0.3, -0.25) is 19.7 Å². The Labute approximate surface area is 198 Å². The molecule has 1 aliphatic heterocycles. The fourth-order valence-electron chi connectivity index (χ4n) is 3.49. The molecule has 2 aromatic heterocycles. The second-order valence-electron chi connectivity index (χ2n) is 8.91. The highest BCUT2D eigenvalue weighted by Gasteiger charge is 2.43. The van der Waals surface area contributed by atoms with Crippen molar-refractivity contribution in [3.63, 3.8) is 0 Å². The number of nitrogens with one attached hydrogen (secondary N) is 1. The molecule has 35 heavy (non-hydrogen) atoms. The van der Waals surface area contributed by atoms with E-state index in [0.29, 0.717) is 5.56 Å². The summed E-state index contributed by atoms with van der Waals surface area (Å²) in [5.41, 5.74) is -0.965. The molecule has 1 saturated heterocycles. The van der Waals surface area contributed by atoms with E-state index in [1.54, 1.807) is 20.8 Å². The summed E-state index contributed by atoms with van der Waals surface area (Å²) < 4.78 is 58.0. The van der Waals surface area contributed by atoms with Crippen LogP contribution in [0, 0.1) is 11.3 Å². The Morgan fingerprint density at radius 3 is 2.51 bits per heavy atom. The monoisotopic (exact) mass is 493 g/mol. The molecule has 3 rings (SSSR count). The second-order valence-corrected chi connectivity index (χ2v) is 8.91. The van der Waals surface area contributed by atoms with Crippen molar-refractivity contribution in [2.24, 2.45) is 0 Å². The van der Waals surface area contributed by atoms with E-state index in [2.05, 4.69) is 15.3 Å². The van der Waals surface area contributed by atoms with Crippen LogP contribution in [0.4, 0.5) is 22.4 Å². The molecule has 0 saturated carbocycles. The first-order valence-electron chi connectivity index (χ1n) is 10.6. The molecule has 0 aliphatic carbocycles. The maximum absolute atomic E-state index is 14.5. The average Bonchev–Trinajstić information content (AvgIpc) is 3.17. The van der Waals surface area contributed by atoms with Crippen LogP contribution in [0.15, 0.2) is 30.6 Å². The lowest BCUT2D eigenvalue weighted by atomic mass is 10.1. The summed E-state index contributed by atoms with van der Waals surface area (Å²) in [4.78, 5) is 33.7. The zero-order valence-corrected chi connectivity index (χ0v) is 19.2. The zero-order valence-electron chi connectivity index (χ0n) is 19.2. The van der Waals surface area contributed by atoms with E-state index in [-0.39, 0.29) is 36.3 Å². The molecule has 1 aliphatic rings. The standard InChI is InChI=1S/C23H23F4N5O3/c1-22(2,3)35-21(34)32-7-6-16(24)19(32)20(33)31-11-14-8-17(29-12-15(14)9-28)13-4-5-18(30-10-13)23(25,26)27/h4-5,8,10,12,16,19H,6-7,11H2,1-3H3,(H,31,33). The van der Waals surface area contributed by atoms with Gasteiger partial charge in [-0.15, -0.1) is 0 Å². The Bertz CT molecular complexity index is 1140. The first kappa shape index (κ1) is 25.9. The molecule has 0 radical (unpaired) electrons. The Kier molecular flexibility index (Phi) is 7.28. The summed E-state index contributed by atoms with van der Waals surface area (Å²) in [7, 11) is 0. The Morgan fingerprint density at radius 2 is 1.94 bits per heavy atom. The van der Waals surface area contributed by atoms with Gasteiger partial charge in [-0.05, 0) is 51.0 Å². The first-order valence-corrected chi connectivity index (χ1v) is 10.6. The minimum Gasteiger partial charge on any atom is -0.444 e. The van der Waals surface area contributed by atoms with Crippen molar-refractivity contribution in [1.82, 2.24) is 20.2 Å². The number of hydrogen-bond acceptors (Lipinski definition) is 6. The molecule has 2 aromatic rings. The summed E-state index contributed by atoms with van der Waals surface area (Å²) in [6.45, 7) is 4.77. The quantitative estimate of drug-likeness (QED) is 0.645. The van der Waals surface area contributed by atoms with Crippen molar-refractivity contribution < 1.29 is 31.9 Å². The first-order chi connectivity index (χ1) is 16.3. The van der Waals surface area contributed by atoms with Crippen molar-refractivity contribution in [2.75, 3.05) is 6.54 Å². The van der Waals surface area contributed by atoms with Gasteiger partial charge in [0.05, 0.1) is 11.3 Å². The number of halogens is 4. The van der Waals surface area contributed by atoms with E-state index < -0.39 is 41.7 Å². The number of pyridine rings is 2. The molecule has 186 valence electrons. The van der Waals surface area contributed by atoms with Crippen molar-refractivity contribution in [1.29, 1.82) is 5.26 Å². The molecule has 0 bridgehead atoms. The number of nitrogens with zero attached hydrogens (tertiary/aromatic N) is 4. The lowest BCUT2D eigenvalue weighted by Crippen LogP contribution is -2.50. The van der Waals surface area contributed by atoms with Crippen LogP contribution < -0.4 is 5.32 Å². The number of rotatable bonds is 4. The van der Waals surface area contributed by atoms with Crippen LogP contribution in [-0.4, -0.2) is 51.2 Å². The van der Waals surface area contributed by atoms with Crippen LogP contribution in [-0.2, 0) is 22.3 Å². The van der Waals surface area contributed by atoms with Crippen molar-refractivity contribution in [3.8, 4) is 17.3 Å². The Balaban J connectivity index is 1.77. The van der Waals surface area contributed by atoms with Gasteiger partial charge in [-0.25, -0.2) is 9.18 Å². The van der Waals surface area contributed by atoms with Gasteiger partial charge in [0.15, 0.2) is 0 Å². The molecule has 2 amide bonds. The van der Waals surface area contributed by atoms with Gasteiger partial charge in [0.1, 0.15) is 29.6 Å². The van der Waals surface area contributed by atoms with Gasteiger partial charge in [-0.2, -0.15) is 18.4 Å². The number of carbonyl (C=O) groups is 2. The molecule has 1 fully saturated rings. The third kappa shape index (κ3) is 6.23. The molecular weight excluding hydrogens is 470 g/mol. The minimum absolute atomic E-state index is 0.0118. The number of aromatic nitrogens is 2. The highest BCUT2D eigenvalue weighted by atomic mass is 19.4. The van der Waals surface area contributed by atoms with E-state index in [4.69, 9.17) is 4.74 Å². The number of amides is 2. The molecule has 0 aromatic carbocycles. The van der Waals surface area contributed by atoms with Gasteiger partial charge in [-0.1, -0.05) is 0 Å². The summed E-state index contributed by atoms with van der Waals surface area (Å²) in [5.74, 6) is -0.765. The van der Waals surface area contributed by atoms with E-state index in [9.17, 15) is 32.4 Å². The van der Waals surface area contributed by atoms with E-state index in [1.807, 2.05) is 6.07 Å². The molecule has 3 heterocycles. The van der Waals surface area contributed by atoms with Gasteiger partial charge in [0.2, 0.25) is 5.91 Å². The Hall–Kier alpha value is -3.75. The van der Waals surface area contributed by atoms with Crippen LogP contribution >= 0.6 is 0 Å². The molecule has 12 heteroatoms. The maximum atomic E-state index is 14.5. The van der Waals surface area contributed by atoms with Gasteiger partial charge in [0, 0.05) is 31.0 Å². The fourth-order valence-corrected chi connectivity index (χ4v) is 3.49. The van der Waals surface area contributed by atoms with Crippen LogP contribution in [0.2, 0.25) is 0 Å². The molecule has 2 atom stereocenters. The van der Waals surface area contributed by atoms with E-state index in [0.717, 1.165) is 17.2 Å². The molecule has 0 spiro atoms. The third-order valence-electron chi connectivity index (χ3n) is 5.13. The smallest absolute Gasteiger partial charge is 0.433 e. The molecular formula is C23H23F4N5O3. The van der Waals surface area contributed by atoms with E-state index in [1.165, 1.54) is 18.3 Å². The van der Waals surface area contributed by atoms with Crippen LogP contribution in [0.3, 0.4) is 0 Å². The largest absolute Gasteiger partial charge is 0.444 e. The van der Waals surface area contributed by atoms with Gasteiger partial charge in [0.25, 0.3) is 0 Å². The van der Waals surface area contributed by atoms with Gasteiger partial charge >= 0.3 is 12.3 Å². The normalized spacial score (nSPS) is 18.2.